The molecule has 2 unspecified atom stereocenters. The predicted octanol–water partition coefficient (Wildman–Crippen LogP) is 1.23. The Kier molecular flexibility index (Phi) is 6.09. The summed E-state index contributed by atoms with van der Waals surface area (Å²) in [6.45, 7) is -0.819. The highest BCUT2D eigenvalue weighted by Gasteiger charge is 2.55. The third-order valence-electron chi connectivity index (χ3n) is 5.13. The Balaban J connectivity index is 1.87. The van der Waals surface area contributed by atoms with Crippen LogP contribution in [0.25, 0.3) is 0 Å². The van der Waals surface area contributed by atoms with Crippen molar-refractivity contribution in [3.8, 4) is 17.2 Å². The van der Waals surface area contributed by atoms with Crippen molar-refractivity contribution >= 4 is 21.8 Å². The lowest BCUT2D eigenvalue weighted by Gasteiger charge is -2.40. The number of amides is 2. The number of urea groups is 1. The number of hydrogen-bond acceptors (Lipinski definition) is 7. The van der Waals surface area contributed by atoms with Crippen molar-refractivity contribution < 1.29 is 37.7 Å². The molecule has 3 rings (SSSR count). The minimum absolute atomic E-state index is 0.0934. The van der Waals surface area contributed by atoms with E-state index in [0.29, 0.717) is 17.2 Å². The number of carbonyl (C=O) groups excluding carboxylic acids is 1. The van der Waals surface area contributed by atoms with Crippen LogP contribution in [-0.4, -0.2) is 66.6 Å². The molecular formula is C20H22N2O8S. The van der Waals surface area contributed by atoms with Gasteiger partial charge < -0.3 is 30.3 Å². The molecule has 31 heavy (non-hydrogen) atoms. The summed E-state index contributed by atoms with van der Waals surface area (Å²) in [6.07, 6.45) is -0.284. The standard InChI is InChI=1S/C20H22N2O8S/c1-29-15-4-2-3-5-16(15)30-13-6-8-14(9-7-13)31(27,28)17-10-11-22(19(21)25)12-20(17,26)18(23)24/h2-9,17,26H,10-12H2,1H3,(H2,21,25)(H,23,24). The second-order valence-electron chi connectivity index (χ2n) is 7.04. The topological polar surface area (TPSA) is 156 Å². The van der Waals surface area contributed by atoms with E-state index in [-0.39, 0.29) is 17.9 Å². The fourth-order valence-corrected chi connectivity index (χ4v) is 5.43. The van der Waals surface area contributed by atoms with Gasteiger partial charge in [0.1, 0.15) is 11.0 Å². The molecule has 1 fully saturated rings. The molecule has 0 aromatic heterocycles. The third-order valence-corrected chi connectivity index (χ3v) is 7.44. The molecule has 1 heterocycles. The second kappa shape index (κ2) is 8.44. The molecule has 10 nitrogen and oxygen atoms in total. The van der Waals surface area contributed by atoms with Gasteiger partial charge in [-0.3, -0.25) is 0 Å². The van der Waals surface area contributed by atoms with Crippen molar-refractivity contribution in [2.45, 2.75) is 22.2 Å². The summed E-state index contributed by atoms with van der Waals surface area (Å²) in [7, 11) is -2.77. The molecule has 0 radical (unpaired) electrons. The fourth-order valence-electron chi connectivity index (χ4n) is 3.48. The monoisotopic (exact) mass is 450 g/mol. The average molecular weight is 450 g/mol. The summed E-state index contributed by atoms with van der Waals surface area (Å²) in [6, 6.07) is 11.3. The van der Waals surface area contributed by atoms with Gasteiger partial charge in [0.2, 0.25) is 0 Å². The van der Waals surface area contributed by atoms with E-state index in [4.69, 9.17) is 15.2 Å². The van der Waals surface area contributed by atoms with Gasteiger partial charge in [0.15, 0.2) is 26.9 Å². The van der Waals surface area contributed by atoms with E-state index in [1.807, 2.05) is 0 Å². The van der Waals surface area contributed by atoms with Crippen LogP contribution in [0.1, 0.15) is 6.42 Å². The van der Waals surface area contributed by atoms with Gasteiger partial charge in [-0.2, -0.15) is 0 Å². The number of sulfone groups is 1. The number of para-hydroxylation sites is 2. The highest BCUT2D eigenvalue weighted by molar-refractivity contribution is 7.92. The lowest BCUT2D eigenvalue weighted by Crippen LogP contribution is -2.65. The van der Waals surface area contributed by atoms with Crippen molar-refractivity contribution in [1.29, 1.82) is 0 Å². The maximum atomic E-state index is 13.1. The minimum Gasteiger partial charge on any atom is -0.493 e. The predicted molar refractivity (Wildman–Crippen MR) is 109 cm³/mol. The molecule has 0 aliphatic carbocycles. The Morgan fingerprint density at radius 3 is 2.29 bits per heavy atom. The summed E-state index contributed by atoms with van der Waals surface area (Å²) in [5.74, 6) is -0.491. The molecule has 166 valence electrons. The Bertz CT molecular complexity index is 1090. The zero-order valence-corrected chi connectivity index (χ0v) is 17.4. The van der Waals surface area contributed by atoms with Crippen LogP contribution < -0.4 is 15.2 Å². The van der Waals surface area contributed by atoms with Crippen LogP contribution in [0.5, 0.6) is 17.2 Å². The van der Waals surface area contributed by atoms with Crippen molar-refractivity contribution in [2.24, 2.45) is 5.73 Å². The summed E-state index contributed by atoms with van der Waals surface area (Å²) in [5.41, 5.74) is 2.47. The van der Waals surface area contributed by atoms with Crippen molar-refractivity contribution in [3.05, 3.63) is 48.5 Å². The number of nitrogens with zero attached hydrogens (tertiary/aromatic N) is 1. The van der Waals surface area contributed by atoms with Crippen molar-refractivity contribution in [1.82, 2.24) is 4.90 Å². The first kappa shape index (κ1) is 22.4. The number of carbonyl (C=O) groups is 2. The molecular weight excluding hydrogens is 428 g/mol. The molecule has 1 saturated heterocycles. The van der Waals surface area contributed by atoms with Crippen LogP contribution in [0.15, 0.2) is 53.4 Å². The van der Waals surface area contributed by atoms with Gasteiger partial charge in [0, 0.05) is 6.54 Å². The van der Waals surface area contributed by atoms with Crippen LogP contribution in [0.2, 0.25) is 0 Å². The Hall–Kier alpha value is -3.31. The Labute approximate surface area is 178 Å². The number of likely N-dealkylation sites (tertiary alicyclic amines) is 1. The highest BCUT2D eigenvalue weighted by Crippen LogP contribution is 2.34. The van der Waals surface area contributed by atoms with E-state index in [2.05, 4.69) is 0 Å². The molecule has 2 amide bonds. The summed E-state index contributed by atoms with van der Waals surface area (Å²) in [5, 5.41) is 18.5. The van der Waals surface area contributed by atoms with Crippen molar-refractivity contribution in [2.75, 3.05) is 20.2 Å². The molecule has 0 spiro atoms. The maximum absolute atomic E-state index is 13.1. The first-order valence-corrected chi connectivity index (χ1v) is 10.8. The molecule has 11 heteroatoms. The first-order chi connectivity index (χ1) is 14.6. The number of rotatable bonds is 6. The SMILES string of the molecule is COc1ccccc1Oc1ccc(S(=O)(=O)C2CCN(C(N)=O)CC2(O)C(=O)O)cc1. The smallest absolute Gasteiger partial charge is 0.338 e. The van der Waals surface area contributed by atoms with Gasteiger partial charge in [0.25, 0.3) is 0 Å². The lowest BCUT2D eigenvalue weighted by atomic mass is 9.92. The van der Waals surface area contributed by atoms with Gasteiger partial charge in [-0.25, -0.2) is 18.0 Å². The number of hydrogen-bond donors (Lipinski definition) is 3. The minimum atomic E-state index is -4.26. The van der Waals surface area contributed by atoms with E-state index in [0.717, 1.165) is 4.90 Å². The molecule has 0 saturated carbocycles. The number of piperidine rings is 1. The molecule has 1 aliphatic rings. The fraction of sp³-hybridized carbons (Fsp3) is 0.300. The van der Waals surface area contributed by atoms with E-state index >= 15 is 0 Å². The van der Waals surface area contributed by atoms with Gasteiger partial charge in [0.05, 0.1) is 18.6 Å². The molecule has 2 atom stereocenters. The number of benzene rings is 2. The summed E-state index contributed by atoms with van der Waals surface area (Å²) < 4.78 is 37.2. The summed E-state index contributed by atoms with van der Waals surface area (Å²) in [4.78, 5) is 23.8. The van der Waals surface area contributed by atoms with E-state index < -0.39 is 39.2 Å². The van der Waals surface area contributed by atoms with E-state index in [9.17, 15) is 28.2 Å². The molecule has 2 aromatic carbocycles. The number of carboxylic acids is 1. The van der Waals surface area contributed by atoms with E-state index in [1.165, 1.54) is 31.4 Å². The molecule has 1 aliphatic heterocycles. The van der Waals surface area contributed by atoms with Crippen LogP contribution >= 0.6 is 0 Å². The van der Waals surface area contributed by atoms with Crippen LogP contribution in [0.3, 0.4) is 0 Å². The molecule has 2 aromatic rings. The third kappa shape index (κ3) is 4.28. The number of β-amino-alcohol motifs (C(OH)–C–C–N with tert-alkyl or cyclic N) is 1. The highest BCUT2D eigenvalue weighted by atomic mass is 32.2. The Morgan fingerprint density at radius 1 is 1.13 bits per heavy atom. The number of carboxylic acid groups (broad SMARTS) is 1. The van der Waals surface area contributed by atoms with Crippen LogP contribution in [-0.2, 0) is 14.6 Å². The van der Waals surface area contributed by atoms with E-state index in [1.54, 1.807) is 24.3 Å². The van der Waals surface area contributed by atoms with Gasteiger partial charge >= 0.3 is 12.0 Å². The number of aliphatic carboxylic acids is 1. The number of methoxy groups -OCH3 is 1. The number of nitrogens with two attached hydrogens (primary N) is 1. The zero-order chi connectivity index (χ0) is 22.8. The average Bonchev–Trinajstić information content (AvgIpc) is 2.74. The normalized spacial score (nSPS) is 21.4. The van der Waals surface area contributed by atoms with Gasteiger partial charge in [-0.1, -0.05) is 12.1 Å². The maximum Gasteiger partial charge on any atom is 0.338 e. The molecule has 4 N–H and O–H groups in total. The largest absolute Gasteiger partial charge is 0.493 e. The van der Waals surface area contributed by atoms with Crippen LogP contribution in [0, 0.1) is 0 Å². The number of ether oxygens (including phenoxy) is 2. The zero-order valence-electron chi connectivity index (χ0n) is 16.6. The van der Waals surface area contributed by atoms with Crippen molar-refractivity contribution in [3.63, 3.8) is 0 Å². The number of primary amides is 1. The molecule has 0 bridgehead atoms. The summed E-state index contributed by atoms with van der Waals surface area (Å²) >= 11 is 0. The second-order valence-corrected chi connectivity index (χ2v) is 9.17. The number of aliphatic hydroxyl groups is 1. The first-order valence-electron chi connectivity index (χ1n) is 9.24. The van der Waals surface area contributed by atoms with Gasteiger partial charge in [-0.05, 0) is 42.8 Å². The van der Waals surface area contributed by atoms with Gasteiger partial charge in [-0.15, -0.1) is 0 Å². The van der Waals surface area contributed by atoms with Crippen LogP contribution in [0.4, 0.5) is 4.79 Å². The quantitative estimate of drug-likeness (QED) is 0.593. The Morgan fingerprint density at radius 2 is 1.74 bits per heavy atom. The lowest BCUT2D eigenvalue weighted by molar-refractivity contribution is -0.162.